The molecular formula is C21H21N3O4S. The first-order chi connectivity index (χ1) is 14.2. The van der Waals surface area contributed by atoms with Crippen molar-refractivity contribution in [2.45, 2.75) is 18.2 Å². The van der Waals surface area contributed by atoms with Crippen molar-refractivity contribution >= 4 is 17.7 Å². The van der Waals surface area contributed by atoms with Crippen LogP contribution in [0.2, 0.25) is 0 Å². The molecule has 0 unspecified atom stereocenters. The summed E-state index contributed by atoms with van der Waals surface area (Å²) in [6.45, 7) is 1.37. The molecule has 0 radical (unpaired) electrons. The second kappa shape index (κ2) is 8.91. The third-order valence-electron chi connectivity index (χ3n) is 4.45. The molecule has 0 saturated heterocycles. The Hall–Kier alpha value is -3.13. The van der Waals surface area contributed by atoms with E-state index in [4.69, 9.17) is 14.2 Å². The number of amides is 1. The van der Waals surface area contributed by atoms with Gasteiger partial charge in [0, 0.05) is 25.5 Å². The molecule has 150 valence electrons. The average molecular weight is 411 g/mol. The quantitative estimate of drug-likeness (QED) is 0.574. The number of methoxy groups -OCH3 is 1. The molecule has 0 atom stereocenters. The molecule has 0 bridgehead atoms. The van der Waals surface area contributed by atoms with Crippen LogP contribution in [-0.4, -0.2) is 35.1 Å². The minimum Gasteiger partial charge on any atom is -0.497 e. The maximum absolute atomic E-state index is 12.2. The molecule has 3 aromatic rings. The summed E-state index contributed by atoms with van der Waals surface area (Å²) in [6, 6.07) is 13.6. The fourth-order valence-electron chi connectivity index (χ4n) is 2.92. The maximum Gasteiger partial charge on any atom is 0.231 e. The van der Waals surface area contributed by atoms with Gasteiger partial charge in [-0.1, -0.05) is 30.0 Å². The Morgan fingerprint density at radius 1 is 1.17 bits per heavy atom. The number of nitrogens with zero attached hydrogens (tertiary/aromatic N) is 2. The second-order valence-electron chi connectivity index (χ2n) is 6.44. The van der Waals surface area contributed by atoms with Gasteiger partial charge in [-0.3, -0.25) is 4.79 Å². The van der Waals surface area contributed by atoms with E-state index in [1.54, 1.807) is 13.3 Å². The number of nitrogens with one attached hydrogen (secondary N) is 1. The summed E-state index contributed by atoms with van der Waals surface area (Å²) in [5.41, 5.74) is 2.10. The Balaban J connectivity index is 1.28. The number of rotatable bonds is 8. The molecule has 8 heteroatoms. The Morgan fingerprint density at radius 2 is 1.97 bits per heavy atom. The summed E-state index contributed by atoms with van der Waals surface area (Å²) in [5, 5.41) is 3.73. The van der Waals surface area contributed by atoms with Crippen molar-refractivity contribution in [3.05, 3.63) is 66.0 Å². The van der Waals surface area contributed by atoms with Gasteiger partial charge in [-0.15, -0.1) is 0 Å². The van der Waals surface area contributed by atoms with Gasteiger partial charge in [-0.25, -0.2) is 4.98 Å². The van der Waals surface area contributed by atoms with Crippen LogP contribution < -0.4 is 19.5 Å². The first-order valence-corrected chi connectivity index (χ1v) is 10.1. The number of carbonyl (C=O) groups excluding carboxylic acids is 1. The predicted octanol–water partition coefficient (Wildman–Crippen LogP) is 3.08. The fourth-order valence-corrected chi connectivity index (χ4v) is 3.71. The van der Waals surface area contributed by atoms with Crippen LogP contribution in [0.5, 0.6) is 17.2 Å². The Labute approximate surface area is 173 Å². The molecule has 1 amide bonds. The average Bonchev–Trinajstić information content (AvgIpc) is 3.40. The van der Waals surface area contributed by atoms with E-state index in [0.717, 1.165) is 27.8 Å². The number of thioether (sulfide) groups is 1. The van der Waals surface area contributed by atoms with Gasteiger partial charge < -0.3 is 24.1 Å². The third-order valence-corrected chi connectivity index (χ3v) is 5.45. The van der Waals surface area contributed by atoms with E-state index in [1.165, 1.54) is 11.8 Å². The van der Waals surface area contributed by atoms with E-state index in [-0.39, 0.29) is 12.7 Å². The molecule has 0 fully saturated rings. The number of carbonyl (C=O) groups is 1. The van der Waals surface area contributed by atoms with Crippen LogP contribution in [0, 0.1) is 0 Å². The summed E-state index contributed by atoms with van der Waals surface area (Å²) in [5.74, 6) is 2.52. The Bertz CT molecular complexity index is 988. The SMILES string of the molecule is COc1ccc(Cn2ccnc2SCC(=O)NCc2ccc3c(c2)OCO3)cc1. The number of ether oxygens (including phenoxy) is 3. The zero-order valence-electron chi connectivity index (χ0n) is 16.0. The van der Waals surface area contributed by atoms with E-state index in [0.29, 0.717) is 24.6 Å². The van der Waals surface area contributed by atoms with Crippen LogP contribution in [0.4, 0.5) is 0 Å². The van der Waals surface area contributed by atoms with E-state index >= 15 is 0 Å². The highest BCUT2D eigenvalue weighted by Gasteiger charge is 2.14. The monoisotopic (exact) mass is 411 g/mol. The highest BCUT2D eigenvalue weighted by atomic mass is 32.2. The second-order valence-corrected chi connectivity index (χ2v) is 7.38. The topological polar surface area (TPSA) is 74.6 Å². The molecule has 2 aromatic carbocycles. The largest absolute Gasteiger partial charge is 0.497 e. The first kappa shape index (κ1) is 19.2. The van der Waals surface area contributed by atoms with Crippen LogP contribution in [-0.2, 0) is 17.9 Å². The lowest BCUT2D eigenvalue weighted by molar-refractivity contribution is -0.118. The summed E-state index contributed by atoms with van der Waals surface area (Å²) in [6.07, 6.45) is 3.66. The van der Waals surface area contributed by atoms with Crippen LogP contribution in [0.1, 0.15) is 11.1 Å². The molecular weight excluding hydrogens is 390 g/mol. The molecule has 1 aromatic heterocycles. The molecule has 2 heterocycles. The predicted molar refractivity (Wildman–Crippen MR) is 109 cm³/mol. The lowest BCUT2D eigenvalue weighted by Crippen LogP contribution is -2.24. The minimum absolute atomic E-state index is 0.0494. The lowest BCUT2D eigenvalue weighted by atomic mass is 10.2. The molecule has 0 saturated carbocycles. The van der Waals surface area contributed by atoms with Gasteiger partial charge in [0.2, 0.25) is 12.7 Å². The van der Waals surface area contributed by atoms with Crippen molar-refractivity contribution in [1.82, 2.24) is 14.9 Å². The number of hydrogen-bond donors (Lipinski definition) is 1. The van der Waals surface area contributed by atoms with Crippen molar-refractivity contribution in [3.8, 4) is 17.2 Å². The number of fused-ring (bicyclic) bond motifs is 1. The molecule has 1 aliphatic rings. The van der Waals surface area contributed by atoms with E-state index in [9.17, 15) is 4.79 Å². The molecule has 7 nitrogen and oxygen atoms in total. The zero-order valence-corrected chi connectivity index (χ0v) is 16.8. The van der Waals surface area contributed by atoms with Gasteiger partial charge in [-0.05, 0) is 35.4 Å². The van der Waals surface area contributed by atoms with Gasteiger partial charge in [0.25, 0.3) is 0 Å². The highest BCUT2D eigenvalue weighted by molar-refractivity contribution is 7.99. The maximum atomic E-state index is 12.2. The third kappa shape index (κ3) is 4.83. The van der Waals surface area contributed by atoms with Crippen LogP contribution in [0.3, 0.4) is 0 Å². The van der Waals surface area contributed by atoms with Gasteiger partial charge in [0.15, 0.2) is 16.7 Å². The van der Waals surface area contributed by atoms with Gasteiger partial charge in [-0.2, -0.15) is 0 Å². The van der Waals surface area contributed by atoms with Crippen molar-refractivity contribution in [2.75, 3.05) is 19.7 Å². The van der Waals surface area contributed by atoms with Crippen molar-refractivity contribution < 1.29 is 19.0 Å². The van der Waals surface area contributed by atoms with Crippen molar-refractivity contribution in [3.63, 3.8) is 0 Å². The Kier molecular flexibility index (Phi) is 5.90. The number of imidazole rings is 1. The summed E-state index contributed by atoms with van der Waals surface area (Å²) >= 11 is 1.41. The molecule has 4 rings (SSSR count). The summed E-state index contributed by atoms with van der Waals surface area (Å²) in [4.78, 5) is 16.6. The van der Waals surface area contributed by atoms with Crippen molar-refractivity contribution in [1.29, 1.82) is 0 Å². The molecule has 29 heavy (non-hydrogen) atoms. The Morgan fingerprint density at radius 3 is 2.79 bits per heavy atom. The summed E-state index contributed by atoms with van der Waals surface area (Å²) < 4.78 is 17.9. The highest BCUT2D eigenvalue weighted by Crippen LogP contribution is 2.32. The normalized spacial score (nSPS) is 12.0. The smallest absolute Gasteiger partial charge is 0.231 e. The number of hydrogen-bond acceptors (Lipinski definition) is 6. The minimum atomic E-state index is -0.0494. The van der Waals surface area contributed by atoms with E-state index in [1.807, 2.05) is 53.2 Å². The van der Waals surface area contributed by atoms with Crippen LogP contribution in [0.15, 0.2) is 60.0 Å². The van der Waals surface area contributed by atoms with Gasteiger partial charge in [0.1, 0.15) is 5.75 Å². The van der Waals surface area contributed by atoms with Gasteiger partial charge >= 0.3 is 0 Å². The van der Waals surface area contributed by atoms with Crippen molar-refractivity contribution in [2.24, 2.45) is 0 Å². The number of benzene rings is 2. The molecule has 0 spiro atoms. The van der Waals surface area contributed by atoms with E-state index in [2.05, 4.69) is 10.3 Å². The lowest BCUT2D eigenvalue weighted by Gasteiger charge is -2.09. The fraction of sp³-hybridized carbons (Fsp3) is 0.238. The van der Waals surface area contributed by atoms with E-state index < -0.39 is 0 Å². The molecule has 1 aliphatic heterocycles. The molecule has 1 N–H and O–H groups in total. The number of aromatic nitrogens is 2. The van der Waals surface area contributed by atoms with Gasteiger partial charge in [0.05, 0.1) is 12.9 Å². The standard InChI is InChI=1S/C21H21N3O4S/c1-26-17-5-2-15(3-6-17)12-24-9-8-22-21(24)29-13-20(25)23-11-16-4-7-18-19(10-16)28-14-27-18/h2-10H,11-14H2,1H3,(H,23,25). The zero-order chi connectivity index (χ0) is 20.1. The summed E-state index contributed by atoms with van der Waals surface area (Å²) in [7, 11) is 1.65. The first-order valence-electron chi connectivity index (χ1n) is 9.13. The molecule has 0 aliphatic carbocycles. The van der Waals surface area contributed by atoms with Crippen LogP contribution >= 0.6 is 11.8 Å². The van der Waals surface area contributed by atoms with Crippen LogP contribution in [0.25, 0.3) is 0 Å².